The van der Waals surface area contributed by atoms with Crippen LogP contribution < -0.4 is 0 Å². The first-order valence-electron chi connectivity index (χ1n) is 7.42. The maximum Gasteiger partial charge on any atom is 0.500 e. The van der Waals surface area contributed by atoms with Gasteiger partial charge in [-0.1, -0.05) is 19.8 Å². The molecule has 0 amide bonds. The number of hydrogen-bond donors (Lipinski definition) is 0. The Labute approximate surface area is 121 Å². The van der Waals surface area contributed by atoms with Gasteiger partial charge in [0, 0.05) is 33.8 Å². The van der Waals surface area contributed by atoms with Crippen molar-refractivity contribution in [3.63, 3.8) is 0 Å². The fourth-order valence-electron chi connectivity index (χ4n) is 2.36. The van der Waals surface area contributed by atoms with Crippen LogP contribution in [-0.4, -0.2) is 61.8 Å². The van der Waals surface area contributed by atoms with Gasteiger partial charge >= 0.3 is 8.80 Å². The van der Waals surface area contributed by atoms with E-state index in [-0.39, 0.29) is 0 Å². The fraction of sp³-hybridized carbons (Fsp3) is 1.00. The molecule has 0 saturated heterocycles. The van der Waals surface area contributed by atoms with Crippen molar-refractivity contribution in [3.05, 3.63) is 0 Å². The maximum absolute atomic E-state index is 5.45. The Morgan fingerprint density at radius 1 is 0.789 bits per heavy atom. The summed E-state index contributed by atoms with van der Waals surface area (Å²) in [5, 5.41) is 0. The van der Waals surface area contributed by atoms with Gasteiger partial charge in [-0.15, -0.1) is 0 Å². The first-order valence-corrected chi connectivity index (χ1v) is 9.36. The van der Waals surface area contributed by atoms with E-state index in [4.69, 9.17) is 13.3 Å². The zero-order valence-electron chi connectivity index (χ0n) is 13.8. The standard InChI is InChI=1S/C14H34NO3Si/c1-7-8-9-10-12-15(2,3)13-11-14-19(16-4,17-5)18-6/h7-14H2,1-6H3/q+1. The zero-order chi connectivity index (χ0) is 14.8. The minimum Gasteiger partial charge on any atom is -0.377 e. The Morgan fingerprint density at radius 3 is 1.79 bits per heavy atom. The largest absolute Gasteiger partial charge is 0.500 e. The second kappa shape index (κ2) is 9.88. The highest BCUT2D eigenvalue weighted by atomic mass is 28.4. The van der Waals surface area contributed by atoms with Crippen LogP contribution >= 0.6 is 0 Å². The first-order chi connectivity index (χ1) is 8.95. The van der Waals surface area contributed by atoms with Gasteiger partial charge in [0.2, 0.25) is 0 Å². The van der Waals surface area contributed by atoms with Crippen LogP contribution in [0.25, 0.3) is 0 Å². The number of nitrogens with zero attached hydrogens (tertiary/aromatic N) is 1. The second-order valence-electron chi connectivity index (χ2n) is 5.84. The van der Waals surface area contributed by atoms with E-state index in [2.05, 4.69) is 21.0 Å². The van der Waals surface area contributed by atoms with Gasteiger partial charge in [-0.25, -0.2) is 0 Å². The SMILES string of the molecule is CCCCCC[N+](C)(C)CCC[Si](OC)(OC)OC. The Morgan fingerprint density at radius 2 is 1.32 bits per heavy atom. The summed E-state index contributed by atoms with van der Waals surface area (Å²) in [4.78, 5) is 0. The molecule has 0 aliphatic carbocycles. The van der Waals surface area contributed by atoms with E-state index in [1.807, 2.05) is 0 Å². The molecule has 0 fully saturated rings. The summed E-state index contributed by atoms with van der Waals surface area (Å²) in [5.74, 6) is 0. The summed E-state index contributed by atoms with van der Waals surface area (Å²) < 4.78 is 17.4. The van der Waals surface area contributed by atoms with Gasteiger partial charge in [0.25, 0.3) is 0 Å². The highest BCUT2D eigenvalue weighted by Gasteiger charge is 2.37. The molecule has 4 nitrogen and oxygen atoms in total. The van der Waals surface area contributed by atoms with Gasteiger partial charge in [0.05, 0.1) is 27.2 Å². The molecule has 0 unspecified atom stereocenters. The van der Waals surface area contributed by atoms with Gasteiger partial charge in [-0.05, 0) is 12.8 Å². The van der Waals surface area contributed by atoms with E-state index < -0.39 is 8.80 Å². The number of unbranched alkanes of at least 4 members (excludes halogenated alkanes) is 3. The van der Waals surface area contributed by atoms with Crippen molar-refractivity contribution >= 4 is 8.80 Å². The van der Waals surface area contributed by atoms with Crippen LogP contribution in [0.1, 0.15) is 39.0 Å². The van der Waals surface area contributed by atoms with Crippen LogP contribution in [0.5, 0.6) is 0 Å². The summed E-state index contributed by atoms with van der Waals surface area (Å²) in [6.07, 6.45) is 6.42. The van der Waals surface area contributed by atoms with Crippen molar-refractivity contribution in [2.45, 2.75) is 45.1 Å². The van der Waals surface area contributed by atoms with Crippen molar-refractivity contribution in [3.8, 4) is 0 Å². The minimum absolute atomic E-state index is 0.896. The molecule has 5 heteroatoms. The summed E-state index contributed by atoms with van der Waals surface area (Å²) >= 11 is 0. The summed E-state index contributed by atoms with van der Waals surface area (Å²) in [6.45, 7) is 4.66. The molecular weight excluding hydrogens is 258 g/mol. The lowest BCUT2D eigenvalue weighted by Crippen LogP contribution is -2.45. The van der Waals surface area contributed by atoms with Crippen LogP contribution in [0, 0.1) is 0 Å². The van der Waals surface area contributed by atoms with E-state index >= 15 is 0 Å². The predicted octanol–water partition coefficient (Wildman–Crippen LogP) is 2.91. The molecule has 0 spiro atoms. The Hall–Kier alpha value is 0.0569. The van der Waals surface area contributed by atoms with Crippen molar-refractivity contribution in [1.82, 2.24) is 0 Å². The van der Waals surface area contributed by atoms with Crippen molar-refractivity contribution in [1.29, 1.82) is 0 Å². The molecule has 0 aromatic carbocycles. The van der Waals surface area contributed by atoms with Gasteiger partial charge in [0.15, 0.2) is 0 Å². The van der Waals surface area contributed by atoms with E-state index in [1.165, 1.54) is 32.2 Å². The molecule has 0 radical (unpaired) electrons. The van der Waals surface area contributed by atoms with E-state index in [0.29, 0.717) is 0 Å². The highest BCUT2D eigenvalue weighted by molar-refractivity contribution is 6.60. The Balaban J connectivity index is 3.95. The zero-order valence-corrected chi connectivity index (χ0v) is 14.8. The van der Waals surface area contributed by atoms with Crippen LogP contribution in [-0.2, 0) is 13.3 Å². The number of hydrogen-bond acceptors (Lipinski definition) is 3. The van der Waals surface area contributed by atoms with Crippen LogP contribution in [0.3, 0.4) is 0 Å². The van der Waals surface area contributed by atoms with E-state index in [1.54, 1.807) is 21.3 Å². The predicted molar refractivity (Wildman–Crippen MR) is 82.2 cm³/mol. The molecule has 0 heterocycles. The summed E-state index contributed by atoms with van der Waals surface area (Å²) in [6, 6.07) is 0.896. The monoisotopic (exact) mass is 292 g/mol. The molecule has 19 heavy (non-hydrogen) atoms. The normalized spacial score (nSPS) is 12.9. The van der Waals surface area contributed by atoms with Gasteiger partial charge in [0.1, 0.15) is 0 Å². The van der Waals surface area contributed by atoms with E-state index in [9.17, 15) is 0 Å². The molecule has 0 bridgehead atoms. The molecule has 0 aromatic rings. The molecule has 0 saturated carbocycles. The molecule has 0 aliphatic rings. The quantitative estimate of drug-likeness (QED) is 0.314. The van der Waals surface area contributed by atoms with Crippen LogP contribution in [0.15, 0.2) is 0 Å². The summed E-state index contributed by atoms with van der Waals surface area (Å²) in [5.41, 5.74) is 0. The third-order valence-corrected chi connectivity index (χ3v) is 6.63. The molecule has 0 atom stereocenters. The molecule has 0 N–H and O–H groups in total. The lowest BCUT2D eigenvalue weighted by atomic mass is 10.2. The molecule has 0 aliphatic heterocycles. The third kappa shape index (κ3) is 8.04. The van der Waals surface area contributed by atoms with Crippen molar-refractivity contribution < 1.29 is 17.8 Å². The van der Waals surface area contributed by atoms with Crippen molar-refractivity contribution in [2.75, 3.05) is 48.5 Å². The topological polar surface area (TPSA) is 27.7 Å². The molecule has 116 valence electrons. The summed E-state index contributed by atoms with van der Waals surface area (Å²) in [7, 11) is 7.30. The first kappa shape index (κ1) is 19.1. The van der Waals surface area contributed by atoms with Gasteiger partial charge in [-0.3, -0.25) is 0 Å². The number of quaternary nitrogens is 1. The van der Waals surface area contributed by atoms with Crippen molar-refractivity contribution in [2.24, 2.45) is 0 Å². The van der Waals surface area contributed by atoms with Crippen LogP contribution in [0.2, 0.25) is 6.04 Å². The fourth-order valence-corrected chi connectivity index (χ4v) is 4.06. The average molecular weight is 293 g/mol. The van der Waals surface area contributed by atoms with Crippen LogP contribution in [0.4, 0.5) is 0 Å². The highest BCUT2D eigenvalue weighted by Crippen LogP contribution is 2.16. The third-order valence-electron chi connectivity index (χ3n) is 3.80. The molecule has 0 rings (SSSR count). The van der Waals surface area contributed by atoms with Gasteiger partial charge < -0.3 is 17.8 Å². The lowest BCUT2D eigenvalue weighted by Gasteiger charge is -2.31. The second-order valence-corrected chi connectivity index (χ2v) is 8.93. The Bertz CT molecular complexity index is 212. The minimum atomic E-state index is -2.37. The Kier molecular flexibility index (Phi) is 9.91. The van der Waals surface area contributed by atoms with E-state index in [0.717, 1.165) is 23.5 Å². The smallest absolute Gasteiger partial charge is 0.377 e. The molecular formula is C14H34NO3Si+. The molecule has 0 aromatic heterocycles. The van der Waals surface area contributed by atoms with Gasteiger partial charge in [-0.2, -0.15) is 0 Å². The number of rotatable bonds is 12. The lowest BCUT2D eigenvalue weighted by molar-refractivity contribution is -0.890. The maximum atomic E-state index is 5.45. The average Bonchev–Trinajstić information content (AvgIpc) is 2.40.